The lowest BCUT2D eigenvalue weighted by atomic mass is 10.2. The Morgan fingerprint density at radius 1 is 1.50 bits per heavy atom. The SMILES string of the molecule is CCO/N=C/c1ccccc1Cl. The number of oxime groups is 1. The Hall–Kier alpha value is -1.02. The van der Waals surface area contributed by atoms with Gasteiger partial charge in [0.05, 0.1) is 6.21 Å². The van der Waals surface area contributed by atoms with Gasteiger partial charge in [0.25, 0.3) is 0 Å². The van der Waals surface area contributed by atoms with Crippen molar-refractivity contribution in [1.82, 2.24) is 0 Å². The molecule has 0 aliphatic rings. The van der Waals surface area contributed by atoms with E-state index in [0.717, 1.165) is 5.56 Å². The fraction of sp³-hybridized carbons (Fsp3) is 0.222. The number of hydrogen-bond donors (Lipinski definition) is 0. The van der Waals surface area contributed by atoms with Gasteiger partial charge in [0.2, 0.25) is 0 Å². The highest BCUT2D eigenvalue weighted by molar-refractivity contribution is 6.33. The molecule has 0 saturated carbocycles. The molecule has 3 heteroatoms. The average Bonchev–Trinajstić information content (AvgIpc) is 2.09. The van der Waals surface area contributed by atoms with Crippen molar-refractivity contribution in [2.24, 2.45) is 5.16 Å². The Balaban J connectivity index is 2.68. The maximum Gasteiger partial charge on any atom is 0.114 e. The Morgan fingerprint density at radius 2 is 2.25 bits per heavy atom. The molecular formula is C9H10ClNO. The van der Waals surface area contributed by atoms with E-state index in [4.69, 9.17) is 16.4 Å². The molecule has 0 fully saturated rings. The van der Waals surface area contributed by atoms with Crippen LogP contribution in [-0.4, -0.2) is 12.8 Å². The maximum atomic E-state index is 5.86. The average molecular weight is 184 g/mol. The summed E-state index contributed by atoms with van der Waals surface area (Å²) in [6, 6.07) is 7.47. The summed E-state index contributed by atoms with van der Waals surface area (Å²) in [4.78, 5) is 4.80. The van der Waals surface area contributed by atoms with E-state index < -0.39 is 0 Å². The maximum absolute atomic E-state index is 5.86. The topological polar surface area (TPSA) is 21.6 Å². The summed E-state index contributed by atoms with van der Waals surface area (Å²) < 4.78 is 0. The molecule has 1 rings (SSSR count). The molecule has 0 spiro atoms. The molecule has 0 radical (unpaired) electrons. The molecule has 0 saturated heterocycles. The zero-order valence-electron chi connectivity index (χ0n) is 6.83. The van der Waals surface area contributed by atoms with Gasteiger partial charge in [0, 0.05) is 10.6 Å². The lowest BCUT2D eigenvalue weighted by Crippen LogP contribution is -1.84. The second-order valence-corrected chi connectivity index (χ2v) is 2.58. The van der Waals surface area contributed by atoms with Gasteiger partial charge in [-0.3, -0.25) is 0 Å². The molecule has 0 heterocycles. The minimum absolute atomic E-state index is 0.570. The Kier molecular flexibility index (Phi) is 3.61. The molecule has 1 aromatic carbocycles. The van der Waals surface area contributed by atoms with Crippen molar-refractivity contribution in [1.29, 1.82) is 0 Å². The lowest BCUT2D eigenvalue weighted by Gasteiger charge is -1.95. The molecule has 0 amide bonds. The first-order chi connectivity index (χ1) is 5.84. The van der Waals surface area contributed by atoms with Crippen molar-refractivity contribution >= 4 is 17.8 Å². The van der Waals surface area contributed by atoms with Crippen LogP contribution in [0.15, 0.2) is 29.4 Å². The third kappa shape index (κ3) is 2.55. The van der Waals surface area contributed by atoms with Crippen LogP contribution < -0.4 is 0 Å². The van der Waals surface area contributed by atoms with E-state index >= 15 is 0 Å². The van der Waals surface area contributed by atoms with Gasteiger partial charge < -0.3 is 4.84 Å². The number of hydrogen-bond acceptors (Lipinski definition) is 2. The van der Waals surface area contributed by atoms with E-state index in [1.807, 2.05) is 31.2 Å². The first-order valence-corrected chi connectivity index (χ1v) is 4.12. The van der Waals surface area contributed by atoms with Crippen molar-refractivity contribution in [2.45, 2.75) is 6.92 Å². The van der Waals surface area contributed by atoms with Crippen molar-refractivity contribution in [3.8, 4) is 0 Å². The highest BCUT2D eigenvalue weighted by atomic mass is 35.5. The van der Waals surface area contributed by atoms with Crippen LogP contribution in [0.25, 0.3) is 0 Å². The molecule has 0 atom stereocenters. The highest BCUT2D eigenvalue weighted by Crippen LogP contribution is 2.12. The van der Waals surface area contributed by atoms with Gasteiger partial charge in [-0.15, -0.1) is 0 Å². The van der Waals surface area contributed by atoms with Crippen molar-refractivity contribution in [3.63, 3.8) is 0 Å². The van der Waals surface area contributed by atoms with Gasteiger partial charge in [-0.1, -0.05) is 35.0 Å². The summed E-state index contributed by atoms with van der Waals surface area (Å²) in [6.45, 7) is 2.45. The smallest absolute Gasteiger partial charge is 0.114 e. The Bertz CT molecular complexity index is 273. The zero-order chi connectivity index (χ0) is 8.81. The number of nitrogens with zero attached hydrogens (tertiary/aromatic N) is 1. The van der Waals surface area contributed by atoms with Gasteiger partial charge in [-0.05, 0) is 13.0 Å². The van der Waals surface area contributed by atoms with Crippen LogP contribution in [-0.2, 0) is 4.84 Å². The van der Waals surface area contributed by atoms with Gasteiger partial charge >= 0.3 is 0 Å². The largest absolute Gasteiger partial charge is 0.396 e. The molecule has 0 unspecified atom stereocenters. The summed E-state index contributed by atoms with van der Waals surface area (Å²) >= 11 is 5.86. The third-order valence-corrected chi connectivity index (χ3v) is 1.64. The van der Waals surface area contributed by atoms with Crippen LogP contribution >= 0.6 is 11.6 Å². The predicted octanol–water partition coefficient (Wildman–Crippen LogP) is 2.71. The van der Waals surface area contributed by atoms with Crippen molar-refractivity contribution < 1.29 is 4.84 Å². The van der Waals surface area contributed by atoms with E-state index in [0.29, 0.717) is 11.6 Å². The monoisotopic (exact) mass is 183 g/mol. The van der Waals surface area contributed by atoms with E-state index in [2.05, 4.69) is 5.16 Å². The number of benzene rings is 1. The van der Waals surface area contributed by atoms with Crippen molar-refractivity contribution in [2.75, 3.05) is 6.61 Å². The fourth-order valence-corrected chi connectivity index (χ4v) is 0.933. The van der Waals surface area contributed by atoms with E-state index in [1.54, 1.807) is 6.21 Å². The fourth-order valence-electron chi connectivity index (χ4n) is 0.748. The quantitative estimate of drug-likeness (QED) is 0.522. The number of rotatable bonds is 3. The Labute approximate surface area is 76.8 Å². The summed E-state index contributed by atoms with van der Waals surface area (Å²) in [6.07, 6.45) is 1.60. The summed E-state index contributed by atoms with van der Waals surface area (Å²) in [7, 11) is 0. The van der Waals surface area contributed by atoms with Gasteiger partial charge in [0.1, 0.15) is 6.61 Å². The molecule has 0 aliphatic heterocycles. The summed E-state index contributed by atoms with van der Waals surface area (Å²) in [5.41, 5.74) is 0.868. The molecule has 0 aromatic heterocycles. The van der Waals surface area contributed by atoms with Crippen LogP contribution in [0, 0.1) is 0 Å². The predicted molar refractivity (Wildman–Crippen MR) is 50.7 cm³/mol. The molecule has 2 nitrogen and oxygen atoms in total. The standard InChI is InChI=1S/C9H10ClNO/c1-2-12-11-7-8-5-3-4-6-9(8)10/h3-7H,2H2,1H3/b11-7+. The van der Waals surface area contributed by atoms with Gasteiger partial charge in [0.15, 0.2) is 0 Å². The minimum Gasteiger partial charge on any atom is -0.396 e. The third-order valence-electron chi connectivity index (χ3n) is 1.30. The minimum atomic E-state index is 0.570. The van der Waals surface area contributed by atoms with Gasteiger partial charge in [-0.2, -0.15) is 0 Å². The first kappa shape index (κ1) is 9.07. The second kappa shape index (κ2) is 4.78. The molecule has 12 heavy (non-hydrogen) atoms. The van der Waals surface area contributed by atoms with Crippen LogP contribution in [0.3, 0.4) is 0 Å². The van der Waals surface area contributed by atoms with Crippen LogP contribution in [0.5, 0.6) is 0 Å². The molecule has 0 bridgehead atoms. The normalized spacial score (nSPS) is 10.5. The zero-order valence-corrected chi connectivity index (χ0v) is 7.58. The molecule has 0 aliphatic carbocycles. The highest BCUT2D eigenvalue weighted by Gasteiger charge is 1.92. The molecule has 1 aromatic rings. The summed E-state index contributed by atoms with van der Waals surface area (Å²) in [5, 5.41) is 4.39. The lowest BCUT2D eigenvalue weighted by molar-refractivity contribution is 0.160. The second-order valence-electron chi connectivity index (χ2n) is 2.17. The van der Waals surface area contributed by atoms with E-state index in [9.17, 15) is 0 Å². The van der Waals surface area contributed by atoms with E-state index in [-0.39, 0.29) is 0 Å². The first-order valence-electron chi connectivity index (χ1n) is 3.74. The van der Waals surface area contributed by atoms with Crippen LogP contribution in [0.1, 0.15) is 12.5 Å². The molecular weight excluding hydrogens is 174 g/mol. The van der Waals surface area contributed by atoms with Crippen LogP contribution in [0.2, 0.25) is 5.02 Å². The Morgan fingerprint density at radius 3 is 2.92 bits per heavy atom. The number of halogens is 1. The molecule has 0 N–H and O–H groups in total. The molecule has 64 valence electrons. The van der Waals surface area contributed by atoms with Gasteiger partial charge in [-0.25, -0.2) is 0 Å². The van der Waals surface area contributed by atoms with Crippen molar-refractivity contribution in [3.05, 3.63) is 34.9 Å². The summed E-state index contributed by atoms with van der Waals surface area (Å²) in [5.74, 6) is 0. The van der Waals surface area contributed by atoms with E-state index in [1.165, 1.54) is 0 Å². The van der Waals surface area contributed by atoms with Crippen LogP contribution in [0.4, 0.5) is 0 Å².